The van der Waals surface area contributed by atoms with Gasteiger partial charge in [0.1, 0.15) is 42.5 Å². The molecule has 28 heteroatoms. The minimum Gasteiger partial charge on any atom is -0.382 e. The monoisotopic (exact) mass is 851 g/mol. The van der Waals surface area contributed by atoms with Crippen LogP contribution in [0.3, 0.4) is 0 Å². The second-order valence-corrected chi connectivity index (χ2v) is 19.6. The number of methoxy groups -OCH3 is 1. The van der Waals surface area contributed by atoms with Gasteiger partial charge in [0.05, 0.1) is 38.9 Å². The van der Waals surface area contributed by atoms with Crippen molar-refractivity contribution in [2.75, 3.05) is 46.4 Å². The lowest BCUT2D eigenvalue weighted by atomic mass is 10.1. The fraction of sp³-hybridized carbons (Fsp3) is 0.625. The summed E-state index contributed by atoms with van der Waals surface area (Å²) in [4.78, 5) is 80.9. The second kappa shape index (κ2) is 17.1. The molecule has 3 aromatic heterocycles. The maximum atomic E-state index is 12.9. The Morgan fingerprint density at radius 2 is 1.69 bits per heavy atom. The predicted octanol–water partition coefficient (Wildman–Crippen LogP) is -0.424. The summed E-state index contributed by atoms with van der Waals surface area (Å²) >= 11 is 15.0. The molecule has 0 radical (unpaired) electrons. The number of imidazole rings is 1. The maximum absolute atomic E-state index is 12.9. The number of aromatic amines is 1. The summed E-state index contributed by atoms with van der Waals surface area (Å²) in [6.45, 7) is -11.8. The Balaban J connectivity index is 1.38. The van der Waals surface area contributed by atoms with E-state index in [9.17, 15) is 29.2 Å². The molecule has 0 aromatic carbocycles. The number of aryl methyl sites for hydroxylation is 1. The molecule has 9 atom stereocenters. The first-order valence-corrected chi connectivity index (χ1v) is 22.8. The Bertz CT molecular complexity index is 2000. The van der Waals surface area contributed by atoms with E-state index in [1.54, 1.807) is 0 Å². The Morgan fingerprint density at radius 1 is 0.962 bits per heavy atom. The Kier molecular flexibility index (Phi) is 13.7. The topological polar surface area (TPSA) is 288 Å². The molecule has 2 aliphatic heterocycles. The van der Waals surface area contributed by atoms with Crippen LogP contribution in [0.2, 0.25) is 0 Å². The molecule has 7 N–H and O–H groups in total. The van der Waals surface area contributed by atoms with Crippen molar-refractivity contribution in [1.82, 2.24) is 29.1 Å². The standard InChI is InChI=1S/C24H36N7O15P3S3/c1-12-7-30(24(33)29-22(12)32)23-19(40-5-4-38-2)18(46-48(36,51)39-3)15(44-23)9-42-49(37,52)45-13-6-16(43-14(13)8-41-47(34,35)50)31-11-28-17-20(25)26-10-27-21(17)31/h7,10-11,13-16,18-19,23H,4-6,8-9H2,1-3H3,(H,36,51)(H,37,52)(H2,25,26,27)(H,29,32,33)(H2,34,35,50)/t13-,14+,15+,16+,18+,19+,23+,48?,49?/m0/s1. The van der Waals surface area contributed by atoms with Crippen molar-refractivity contribution >= 4 is 72.6 Å². The number of nitrogen functional groups attached to an aromatic ring is 1. The van der Waals surface area contributed by atoms with E-state index in [-0.39, 0.29) is 31.0 Å². The van der Waals surface area contributed by atoms with E-state index in [4.69, 9.17) is 70.9 Å². The summed E-state index contributed by atoms with van der Waals surface area (Å²) in [5.74, 6) is 0.127. The van der Waals surface area contributed by atoms with Crippen molar-refractivity contribution in [3.8, 4) is 0 Å². The third kappa shape index (κ3) is 10.2. The van der Waals surface area contributed by atoms with Crippen LogP contribution in [0.1, 0.15) is 24.4 Å². The summed E-state index contributed by atoms with van der Waals surface area (Å²) in [7, 11) is 2.58. The van der Waals surface area contributed by atoms with Crippen molar-refractivity contribution in [2.45, 2.75) is 56.3 Å². The zero-order chi connectivity index (χ0) is 38.0. The summed E-state index contributed by atoms with van der Waals surface area (Å²) < 4.78 is 53.2. The lowest BCUT2D eigenvalue weighted by Crippen LogP contribution is -2.41. The third-order valence-electron chi connectivity index (χ3n) is 7.74. The first kappa shape index (κ1) is 41.6. The minimum absolute atomic E-state index is 0.00433. The highest BCUT2D eigenvalue weighted by Crippen LogP contribution is 2.52. The van der Waals surface area contributed by atoms with Crippen molar-refractivity contribution < 1.29 is 61.1 Å². The van der Waals surface area contributed by atoms with Crippen LogP contribution in [-0.4, -0.2) is 120 Å². The molecule has 0 saturated carbocycles. The molecule has 290 valence electrons. The van der Waals surface area contributed by atoms with Crippen LogP contribution in [0.5, 0.6) is 0 Å². The lowest BCUT2D eigenvalue weighted by molar-refractivity contribution is -0.0812. The fourth-order valence-corrected chi connectivity index (χ4v) is 8.31. The summed E-state index contributed by atoms with van der Waals surface area (Å²) in [5, 5.41) is 0. The molecular formula is C24H36N7O15P3S3. The summed E-state index contributed by atoms with van der Waals surface area (Å²) in [5.41, 5.74) is 5.26. The number of nitrogens with two attached hydrogens (primary N) is 1. The van der Waals surface area contributed by atoms with Gasteiger partial charge in [0, 0.05) is 32.4 Å². The molecule has 0 amide bonds. The second-order valence-electron chi connectivity index (χ2n) is 11.2. The largest absolute Gasteiger partial charge is 0.382 e. The molecule has 2 unspecified atom stereocenters. The molecule has 2 saturated heterocycles. The lowest BCUT2D eigenvalue weighted by Gasteiger charge is -2.28. The minimum atomic E-state index is -4.24. The van der Waals surface area contributed by atoms with Gasteiger partial charge < -0.3 is 62.3 Å². The molecule has 0 bridgehead atoms. The van der Waals surface area contributed by atoms with Crippen LogP contribution in [0, 0.1) is 6.92 Å². The third-order valence-corrected chi connectivity index (χ3v) is 11.8. The van der Waals surface area contributed by atoms with E-state index in [0.717, 1.165) is 11.7 Å². The first-order valence-electron chi connectivity index (χ1n) is 15.0. The zero-order valence-corrected chi connectivity index (χ0v) is 32.6. The highest BCUT2D eigenvalue weighted by Gasteiger charge is 2.51. The number of fused-ring (bicyclic) bond motifs is 1. The van der Waals surface area contributed by atoms with E-state index in [1.807, 2.05) is 0 Å². The van der Waals surface area contributed by atoms with Gasteiger partial charge in [-0.3, -0.25) is 23.4 Å². The zero-order valence-electron chi connectivity index (χ0n) is 27.5. The van der Waals surface area contributed by atoms with E-state index >= 15 is 0 Å². The van der Waals surface area contributed by atoms with Gasteiger partial charge in [-0.2, -0.15) is 0 Å². The highest BCUT2D eigenvalue weighted by molar-refractivity contribution is 8.07. The van der Waals surface area contributed by atoms with Crippen molar-refractivity contribution in [2.24, 2.45) is 0 Å². The molecule has 2 fully saturated rings. The quantitative estimate of drug-likeness (QED) is 0.0742. The number of nitrogens with zero attached hydrogens (tertiary/aromatic N) is 5. The first-order chi connectivity index (χ1) is 24.4. The Labute approximate surface area is 309 Å². The van der Waals surface area contributed by atoms with Crippen LogP contribution in [0.4, 0.5) is 5.82 Å². The van der Waals surface area contributed by atoms with Crippen LogP contribution >= 0.6 is 20.2 Å². The normalized spacial score (nSPS) is 27.6. The number of hydrogen-bond acceptors (Lipinski definition) is 18. The number of rotatable bonds is 17. The smallest absolute Gasteiger partial charge is 0.330 e. The van der Waals surface area contributed by atoms with Crippen LogP contribution in [0.15, 0.2) is 28.4 Å². The van der Waals surface area contributed by atoms with Gasteiger partial charge in [0.2, 0.25) is 0 Å². The van der Waals surface area contributed by atoms with Gasteiger partial charge in [-0.15, -0.1) is 0 Å². The number of hydrogen-bond donors (Lipinski definition) is 6. The molecule has 2 aliphatic rings. The van der Waals surface area contributed by atoms with E-state index in [2.05, 4.69) is 31.7 Å². The average Bonchev–Trinajstić information content (AvgIpc) is 3.76. The number of aromatic nitrogens is 6. The van der Waals surface area contributed by atoms with Gasteiger partial charge in [0.25, 0.3) is 5.56 Å². The molecule has 5 rings (SSSR count). The van der Waals surface area contributed by atoms with Gasteiger partial charge in [0.15, 0.2) is 17.7 Å². The average molecular weight is 852 g/mol. The van der Waals surface area contributed by atoms with Gasteiger partial charge in [-0.05, 0) is 42.3 Å². The predicted molar refractivity (Wildman–Crippen MR) is 190 cm³/mol. The van der Waals surface area contributed by atoms with Crippen LogP contribution in [0.25, 0.3) is 11.2 Å². The number of nitrogens with one attached hydrogen (secondary N) is 1. The number of ether oxygens (including phenoxy) is 4. The van der Waals surface area contributed by atoms with E-state index in [1.165, 1.54) is 37.5 Å². The maximum Gasteiger partial charge on any atom is 0.330 e. The van der Waals surface area contributed by atoms with E-state index < -0.39 is 87.6 Å². The van der Waals surface area contributed by atoms with Gasteiger partial charge in [-0.25, -0.2) is 19.7 Å². The molecular weight excluding hydrogens is 815 g/mol. The highest BCUT2D eigenvalue weighted by atomic mass is 32.5. The van der Waals surface area contributed by atoms with Crippen LogP contribution < -0.4 is 17.0 Å². The molecule has 0 spiro atoms. The van der Waals surface area contributed by atoms with E-state index in [0.29, 0.717) is 11.2 Å². The fourth-order valence-electron chi connectivity index (χ4n) is 5.36. The SMILES string of the molecule is COCCO[C@@H]1[C@H](OP(O)(=S)OC)[C@@H](COP(O)(=S)O[C@H]2C[C@H](n3cnc4c(N)ncnc43)O[C@@H]2COP(O)(O)=S)O[C@H]1n1cc(C)c(=O)[nH]c1=O. The number of anilines is 1. The molecule has 52 heavy (non-hydrogen) atoms. The van der Waals surface area contributed by atoms with Crippen molar-refractivity contribution in [3.63, 3.8) is 0 Å². The van der Waals surface area contributed by atoms with Gasteiger partial charge in [-0.1, -0.05) is 0 Å². The summed E-state index contributed by atoms with van der Waals surface area (Å²) in [6.07, 6.45) is -4.08. The van der Waals surface area contributed by atoms with Crippen molar-refractivity contribution in [3.05, 3.63) is 45.3 Å². The summed E-state index contributed by atoms with van der Waals surface area (Å²) in [6, 6.07) is 0. The molecule has 3 aromatic rings. The van der Waals surface area contributed by atoms with Gasteiger partial charge >= 0.3 is 25.8 Å². The molecule has 5 heterocycles. The Morgan fingerprint density at radius 3 is 2.38 bits per heavy atom. The number of H-pyrrole nitrogens is 1. The Hall–Kier alpha value is -1.54. The molecule has 22 nitrogen and oxygen atoms in total. The molecule has 0 aliphatic carbocycles. The van der Waals surface area contributed by atoms with Crippen molar-refractivity contribution in [1.29, 1.82) is 0 Å². The van der Waals surface area contributed by atoms with Crippen LogP contribution in [-0.2, 0) is 77.0 Å².